The van der Waals surface area contributed by atoms with Gasteiger partial charge in [0.2, 0.25) is 5.91 Å². The number of hydrogen-bond acceptors (Lipinski definition) is 6. The normalized spacial score (nSPS) is 20.5. The zero-order valence-electron chi connectivity index (χ0n) is 17.9. The molecule has 0 bridgehead atoms. The molecule has 0 N–H and O–H groups in total. The van der Waals surface area contributed by atoms with E-state index in [1.54, 1.807) is 25.6 Å². The van der Waals surface area contributed by atoms with Gasteiger partial charge in [0.25, 0.3) is 0 Å². The van der Waals surface area contributed by atoms with Crippen LogP contribution in [0.15, 0.2) is 35.7 Å². The Balaban J connectivity index is 1.35. The Morgan fingerprint density at radius 3 is 2.63 bits per heavy atom. The number of amides is 1. The monoisotopic (exact) mass is 429 g/mol. The van der Waals surface area contributed by atoms with Gasteiger partial charge in [0.05, 0.1) is 20.8 Å². The minimum absolute atomic E-state index is 0.194. The molecule has 2 aromatic rings. The first-order chi connectivity index (χ1) is 14.7. The highest BCUT2D eigenvalue weighted by atomic mass is 32.1. The standard InChI is InChI=1S/C23H31N3O3S/c1-28-18-7-8-22(29-2)20(15-18)21-6-3-9-26(21)17-23(27)25-12-10-24(11-13-25)16-19-5-4-14-30-19/h4-5,7-8,14-15,21H,3,6,9-13,16-17H2,1-2H3. The van der Waals surface area contributed by atoms with Crippen molar-refractivity contribution in [3.63, 3.8) is 0 Å². The van der Waals surface area contributed by atoms with Gasteiger partial charge in [0.1, 0.15) is 11.5 Å². The Bertz CT molecular complexity index is 834. The molecule has 2 saturated heterocycles. The lowest BCUT2D eigenvalue weighted by Crippen LogP contribution is -2.50. The number of benzene rings is 1. The number of nitrogens with zero attached hydrogens (tertiary/aromatic N) is 3. The van der Waals surface area contributed by atoms with Crippen LogP contribution in [-0.4, -0.2) is 74.1 Å². The number of piperazine rings is 1. The Kier molecular flexibility index (Phi) is 6.92. The van der Waals surface area contributed by atoms with Gasteiger partial charge >= 0.3 is 0 Å². The molecule has 4 rings (SSSR count). The van der Waals surface area contributed by atoms with E-state index in [-0.39, 0.29) is 11.9 Å². The largest absolute Gasteiger partial charge is 0.497 e. The number of hydrogen-bond donors (Lipinski definition) is 0. The maximum atomic E-state index is 13.0. The number of carbonyl (C=O) groups excluding carboxylic acids is 1. The van der Waals surface area contributed by atoms with Gasteiger partial charge in [-0.25, -0.2) is 0 Å². The molecule has 0 saturated carbocycles. The fraction of sp³-hybridized carbons (Fsp3) is 0.522. The van der Waals surface area contributed by atoms with E-state index in [1.807, 2.05) is 17.0 Å². The second kappa shape index (κ2) is 9.81. The number of thiophene rings is 1. The molecule has 6 nitrogen and oxygen atoms in total. The number of rotatable bonds is 7. The van der Waals surface area contributed by atoms with Crippen molar-refractivity contribution >= 4 is 17.2 Å². The Hall–Kier alpha value is -2.09. The highest BCUT2D eigenvalue weighted by Crippen LogP contribution is 2.38. The molecule has 1 unspecified atom stereocenters. The highest BCUT2D eigenvalue weighted by molar-refractivity contribution is 7.09. The van der Waals surface area contributed by atoms with Crippen molar-refractivity contribution in [3.8, 4) is 11.5 Å². The van der Waals surface area contributed by atoms with E-state index in [0.717, 1.165) is 69.2 Å². The van der Waals surface area contributed by atoms with Gasteiger partial charge < -0.3 is 14.4 Å². The lowest BCUT2D eigenvalue weighted by atomic mass is 10.0. The molecule has 162 valence electrons. The molecular weight excluding hydrogens is 398 g/mol. The van der Waals surface area contributed by atoms with Crippen molar-refractivity contribution in [2.24, 2.45) is 0 Å². The third-order valence-electron chi connectivity index (χ3n) is 6.18. The minimum atomic E-state index is 0.194. The van der Waals surface area contributed by atoms with Crippen LogP contribution in [0.5, 0.6) is 11.5 Å². The van der Waals surface area contributed by atoms with E-state index in [1.165, 1.54) is 4.88 Å². The van der Waals surface area contributed by atoms with Crippen LogP contribution in [0.1, 0.15) is 29.3 Å². The van der Waals surface area contributed by atoms with Crippen LogP contribution in [0.25, 0.3) is 0 Å². The second-order valence-electron chi connectivity index (χ2n) is 7.97. The van der Waals surface area contributed by atoms with Crippen molar-refractivity contribution in [1.82, 2.24) is 14.7 Å². The van der Waals surface area contributed by atoms with Gasteiger partial charge in [-0.15, -0.1) is 11.3 Å². The Morgan fingerprint density at radius 2 is 1.93 bits per heavy atom. The molecule has 2 aliphatic heterocycles. The third-order valence-corrected chi connectivity index (χ3v) is 7.04. The molecular formula is C23H31N3O3S. The molecule has 0 aliphatic carbocycles. The van der Waals surface area contributed by atoms with Crippen molar-refractivity contribution in [2.45, 2.75) is 25.4 Å². The molecule has 1 aromatic heterocycles. The summed E-state index contributed by atoms with van der Waals surface area (Å²) in [6.07, 6.45) is 2.12. The molecule has 7 heteroatoms. The van der Waals surface area contributed by atoms with Crippen LogP contribution in [-0.2, 0) is 11.3 Å². The summed E-state index contributed by atoms with van der Waals surface area (Å²) in [5.41, 5.74) is 1.11. The van der Waals surface area contributed by atoms with E-state index in [9.17, 15) is 4.79 Å². The predicted octanol–water partition coefficient (Wildman–Crippen LogP) is 3.25. The van der Waals surface area contributed by atoms with Gasteiger partial charge in [-0.2, -0.15) is 0 Å². The summed E-state index contributed by atoms with van der Waals surface area (Å²) >= 11 is 1.80. The molecule has 30 heavy (non-hydrogen) atoms. The average molecular weight is 430 g/mol. The molecule has 1 aromatic carbocycles. The van der Waals surface area contributed by atoms with Gasteiger partial charge in [-0.05, 0) is 49.0 Å². The first kappa shape index (κ1) is 21.2. The lowest BCUT2D eigenvalue weighted by Gasteiger charge is -2.36. The van der Waals surface area contributed by atoms with Gasteiger partial charge in [0.15, 0.2) is 0 Å². The number of ether oxygens (including phenoxy) is 2. The van der Waals surface area contributed by atoms with E-state index in [2.05, 4.69) is 33.4 Å². The van der Waals surface area contributed by atoms with Crippen LogP contribution < -0.4 is 9.47 Å². The van der Waals surface area contributed by atoms with Crippen LogP contribution in [0.4, 0.5) is 0 Å². The first-order valence-electron chi connectivity index (χ1n) is 10.7. The SMILES string of the molecule is COc1ccc(OC)c(C2CCCN2CC(=O)N2CCN(Cc3cccs3)CC2)c1. The molecule has 0 radical (unpaired) electrons. The van der Waals surface area contributed by atoms with Gasteiger partial charge in [0, 0.05) is 49.2 Å². The van der Waals surface area contributed by atoms with Crippen molar-refractivity contribution in [1.29, 1.82) is 0 Å². The molecule has 1 amide bonds. The smallest absolute Gasteiger partial charge is 0.236 e. The van der Waals surface area contributed by atoms with Crippen LogP contribution >= 0.6 is 11.3 Å². The fourth-order valence-corrected chi connectivity index (χ4v) is 5.27. The zero-order chi connectivity index (χ0) is 20.9. The quantitative estimate of drug-likeness (QED) is 0.676. The molecule has 1 atom stereocenters. The van der Waals surface area contributed by atoms with E-state index in [4.69, 9.17) is 9.47 Å². The van der Waals surface area contributed by atoms with Gasteiger partial charge in [-0.3, -0.25) is 14.6 Å². The first-order valence-corrected chi connectivity index (χ1v) is 11.5. The maximum absolute atomic E-state index is 13.0. The number of methoxy groups -OCH3 is 2. The van der Waals surface area contributed by atoms with Crippen LogP contribution in [0.2, 0.25) is 0 Å². The highest BCUT2D eigenvalue weighted by Gasteiger charge is 2.32. The summed E-state index contributed by atoms with van der Waals surface area (Å²) in [6, 6.07) is 10.4. The zero-order valence-corrected chi connectivity index (χ0v) is 18.7. The predicted molar refractivity (Wildman–Crippen MR) is 119 cm³/mol. The summed E-state index contributed by atoms with van der Waals surface area (Å²) in [7, 11) is 3.38. The fourth-order valence-electron chi connectivity index (χ4n) is 4.52. The molecule has 2 aliphatic rings. The van der Waals surface area contributed by atoms with Crippen molar-refractivity contribution < 1.29 is 14.3 Å². The Morgan fingerprint density at radius 1 is 1.10 bits per heavy atom. The van der Waals surface area contributed by atoms with Gasteiger partial charge in [-0.1, -0.05) is 6.07 Å². The van der Waals surface area contributed by atoms with E-state index >= 15 is 0 Å². The summed E-state index contributed by atoms with van der Waals surface area (Å²) in [6.45, 7) is 5.90. The minimum Gasteiger partial charge on any atom is -0.497 e. The average Bonchev–Trinajstić information content (AvgIpc) is 3.46. The van der Waals surface area contributed by atoms with E-state index < -0.39 is 0 Å². The summed E-state index contributed by atoms with van der Waals surface area (Å²) in [5.74, 6) is 1.92. The molecule has 0 spiro atoms. The lowest BCUT2D eigenvalue weighted by molar-refractivity contribution is -0.134. The van der Waals surface area contributed by atoms with Crippen LogP contribution in [0.3, 0.4) is 0 Å². The topological polar surface area (TPSA) is 45.3 Å². The number of likely N-dealkylation sites (tertiary alicyclic amines) is 1. The summed E-state index contributed by atoms with van der Waals surface area (Å²) in [5, 5.41) is 2.12. The second-order valence-corrected chi connectivity index (χ2v) is 9.00. The number of carbonyl (C=O) groups is 1. The third kappa shape index (κ3) is 4.79. The summed E-state index contributed by atoms with van der Waals surface area (Å²) < 4.78 is 11.0. The van der Waals surface area contributed by atoms with Crippen molar-refractivity contribution in [2.75, 3.05) is 53.5 Å². The maximum Gasteiger partial charge on any atom is 0.236 e. The van der Waals surface area contributed by atoms with E-state index in [0.29, 0.717) is 6.54 Å². The molecule has 3 heterocycles. The van der Waals surface area contributed by atoms with Crippen molar-refractivity contribution in [3.05, 3.63) is 46.2 Å². The summed E-state index contributed by atoms with van der Waals surface area (Å²) in [4.78, 5) is 21.2. The molecule has 2 fully saturated rings. The Labute approximate surface area is 183 Å². The van der Waals surface area contributed by atoms with Crippen LogP contribution in [0, 0.1) is 0 Å².